The Hall–Kier alpha value is -1.44. The van der Waals surface area contributed by atoms with Gasteiger partial charge in [-0.2, -0.15) is 17.9 Å². The van der Waals surface area contributed by atoms with Crippen LogP contribution in [0.4, 0.5) is 0 Å². The van der Waals surface area contributed by atoms with Crippen molar-refractivity contribution < 1.29 is 18.3 Å². The number of hydrogen-bond donors (Lipinski definition) is 3. The summed E-state index contributed by atoms with van der Waals surface area (Å²) in [4.78, 5) is 10.7. The van der Waals surface area contributed by atoms with Gasteiger partial charge in [0.05, 0.1) is 0 Å². The van der Waals surface area contributed by atoms with Crippen molar-refractivity contribution in [2.45, 2.75) is 37.8 Å². The Labute approximate surface area is 118 Å². The third-order valence-corrected chi connectivity index (χ3v) is 4.28. The number of aliphatic carboxylic acids is 1. The molecule has 0 bridgehead atoms. The summed E-state index contributed by atoms with van der Waals surface area (Å²) in [5, 5.41) is 8.77. The van der Waals surface area contributed by atoms with E-state index in [1.807, 2.05) is 6.07 Å². The van der Waals surface area contributed by atoms with Crippen LogP contribution in [0.5, 0.6) is 0 Å². The summed E-state index contributed by atoms with van der Waals surface area (Å²) in [7, 11) is -3.61. The average Bonchev–Trinajstić information content (AvgIpc) is 3.18. The molecule has 0 spiro atoms. The maximum atomic E-state index is 11.9. The molecule has 0 saturated heterocycles. The molecule has 1 aliphatic carbocycles. The minimum atomic E-state index is -3.61. The number of carboxylic acid groups (broad SMARTS) is 1. The highest BCUT2D eigenvalue weighted by atomic mass is 32.2. The first-order valence-electron chi connectivity index (χ1n) is 6.52. The highest BCUT2D eigenvalue weighted by molar-refractivity contribution is 7.87. The molecule has 0 amide bonds. The third-order valence-electron chi connectivity index (χ3n) is 3.05. The van der Waals surface area contributed by atoms with Crippen LogP contribution in [0.2, 0.25) is 0 Å². The molecule has 0 aromatic heterocycles. The monoisotopic (exact) mass is 298 g/mol. The van der Waals surface area contributed by atoms with Crippen molar-refractivity contribution in [1.29, 1.82) is 0 Å². The smallest absolute Gasteiger partial charge is 0.303 e. The highest BCUT2D eigenvalue weighted by Crippen LogP contribution is 2.22. The van der Waals surface area contributed by atoms with Crippen LogP contribution in [0.1, 0.15) is 37.3 Å². The van der Waals surface area contributed by atoms with Crippen LogP contribution < -0.4 is 9.44 Å². The first kappa shape index (κ1) is 15.0. The van der Waals surface area contributed by atoms with E-state index in [2.05, 4.69) is 9.44 Å². The first-order valence-corrected chi connectivity index (χ1v) is 8.01. The van der Waals surface area contributed by atoms with E-state index in [0.29, 0.717) is 0 Å². The summed E-state index contributed by atoms with van der Waals surface area (Å²) >= 11 is 0. The largest absolute Gasteiger partial charge is 0.481 e. The van der Waals surface area contributed by atoms with Gasteiger partial charge in [0.2, 0.25) is 0 Å². The van der Waals surface area contributed by atoms with E-state index in [-0.39, 0.29) is 18.9 Å². The molecule has 0 radical (unpaired) electrons. The minimum absolute atomic E-state index is 0.0170. The predicted octanol–water partition coefficient (Wildman–Crippen LogP) is 1.18. The van der Waals surface area contributed by atoms with Crippen molar-refractivity contribution in [2.24, 2.45) is 0 Å². The molecule has 1 fully saturated rings. The number of benzene rings is 1. The van der Waals surface area contributed by atoms with E-state index in [1.165, 1.54) is 0 Å². The lowest BCUT2D eigenvalue weighted by molar-refractivity contribution is -0.137. The summed E-state index contributed by atoms with van der Waals surface area (Å²) in [6.07, 6.45) is 1.83. The molecular formula is C13H18N2O4S. The molecule has 1 atom stereocenters. The predicted molar refractivity (Wildman–Crippen MR) is 74.3 cm³/mol. The summed E-state index contributed by atoms with van der Waals surface area (Å²) < 4.78 is 28.9. The van der Waals surface area contributed by atoms with Gasteiger partial charge >= 0.3 is 5.97 Å². The van der Waals surface area contributed by atoms with Gasteiger partial charge < -0.3 is 5.11 Å². The maximum Gasteiger partial charge on any atom is 0.303 e. The Bertz CT molecular complexity index is 555. The Morgan fingerprint density at radius 2 is 1.95 bits per heavy atom. The van der Waals surface area contributed by atoms with Gasteiger partial charge in [-0.25, -0.2) is 0 Å². The van der Waals surface area contributed by atoms with Gasteiger partial charge in [-0.3, -0.25) is 4.79 Å². The Balaban J connectivity index is 2.07. The molecule has 6 nitrogen and oxygen atoms in total. The zero-order valence-corrected chi connectivity index (χ0v) is 11.8. The molecule has 0 aliphatic heterocycles. The van der Waals surface area contributed by atoms with Crippen molar-refractivity contribution in [3.63, 3.8) is 0 Å². The van der Waals surface area contributed by atoms with Gasteiger partial charge in [0, 0.05) is 18.5 Å². The molecule has 3 N–H and O–H groups in total. The van der Waals surface area contributed by atoms with Crippen LogP contribution >= 0.6 is 0 Å². The maximum absolute atomic E-state index is 11.9. The molecule has 2 rings (SSSR count). The van der Waals surface area contributed by atoms with Crippen molar-refractivity contribution in [2.75, 3.05) is 0 Å². The number of carboxylic acids is 1. The van der Waals surface area contributed by atoms with Crippen molar-refractivity contribution in [1.82, 2.24) is 9.44 Å². The van der Waals surface area contributed by atoms with Gasteiger partial charge in [0.25, 0.3) is 10.2 Å². The van der Waals surface area contributed by atoms with Gasteiger partial charge in [0.1, 0.15) is 0 Å². The Kier molecular flexibility index (Phi) is 4.74. The Morgan fingerprint density at radius 1 is 1.30 bits per heavy atom. The lowest BCUT2D eigenvalue weighted by atomic mass is 10.0. The number of rotatable bonds is 8. The van der Waals surface area contributed by atoms with E-state index in [0.717, 1.165) is 18.4 Å². The molecular weight excluding hydrogens is 280 g/mol. The number of hydrogen-bond acceptors (Lipinski definition) is 3. The SMILES string of the molecule is O=C(O)CCC(NS(=O)(=O)NC1CC1)c1ccccc1. The van der Waals surface area contributed by atoms with Crippen LogP contribution in [0.3, 0.4) is 0 Å². The molecule has 1 unspecified atom stereocenters. The van der Waals surface area contributed by atoms with Gasteiger partial charge in [-0.05, 0) is 24.8 Å². The van der Waals surface area contributed by atoms with E-state index < -0.39 is 22.2 Å². The van der Waals surface area contributed by atoms with Crippen LogP contribution in [-0.2, 0) is 15.0 Å². The molecule has 1 aromatic rings. The van der Waals surface area contributed by atoms with E-state index in [4.69, 9.17) is 5.11 Å². The molecule has 0 heterocycles. The standard InChI is InChI=1S/C13H18N2O4S/c16-13(17)9-8-12(10-4-2-1-3-5-10)15-20(18,19)14-11-6-7-11/h1-5,11-12,14-15H,6-9H2,(H,16,17). The van der Waals surface area contributed by atoms with Crippen LogP contribution in [0, 0.1) is 0 Å². The van der Waals surface area contributed by atoms with Crippen molar-refractivity contribution in [3.8, 4) is 0 Å². The second kappa shape index (κ2) is 6.34. The van der Waals surface area contributed by atoms with Gasteiger partial charge in [-0.1, -0.05) is 30.3 Å². The molecule has 20 heavy (non-hydrogen) atoms. The van der Waals surface area contributed by atoms with E-state index >= 15 is 0 Å². The van der Waals surface area contributed by atoms with Crippen molar-refractivity contribution in [3.05, 3.63) is 35.9 Å². The third kappa shape index (κ3) is 4.92. The summed E-state index contributed by atoms with van der Waals surface area (Å²) in [6.45, 7) is 0. The van der Waals surface area contributed by atoms with Crippen molar-refractivity contribution >= 4 is 16.2 Å². The fraction of sp³-hybridized carbons (Fsp3) is 0.462. The molecule has 7 heteroatoms. The fourth-order valence-electron chi connectivity index (χ4n) is 1.89. The zero-order valence-electron chi connectivity index (χ0n) is 11.0. The minimum Gasteiger partial charge on any atom is -0.481 e. The Morgan fingerprint density at radius 3 is 2.50 bits per heavy atom. The van der Waals surface area contributed by atoms with E-state index in [9.17, 15) is 13.2 Å². The summed E-state index contributed by atoms with van der Waals surface area (Å²) in [5.74, 6) is -0.944. The first-order chi connectivity index (χ1) is 9.46. The normalized spacial score (nSPS) is 16.8. The second-order valence-corrected chi connectivity index (χ2v) is 6.39. The van der Waals surface area contributed by atoms with Crippen LogP contribution in [0.15, 0.2) is 30.3 Å². The highest BCUT2D eigenvalue weighted by Gasteiger charge is 2.28. The van der Waals surface area contributed by atoms with Gasteiger partial charge in [-0.15, -0.1) is 0 Å². The van der Waals surface area contributed by atoms with Crippen LogP contribution in [0.25, 0.3) is 0 Å². The molecule has 1 aliphatic rings. The van der Waals surface area contributed by atoms with Crippen LogP contribution in [-0.4, -0.2) is 25.5 Å². The lowest BCUT2D eigenvalue weighted by Crippen LogP contribution is -2.40. The second-order valence-electron chi connectivity index (χ2n) is 4.91. The molecule has 1 aromatic carbocycles. The lowest BCUT2D eigenvalue weighted by Gasteiger charge is -2.18. The number of nitrogens with one attached hydrogen (secondary N) is 2. The average molecular weight is 298 g/mol. The quantitative estimate of drug-likeness (QED) is 0.671. The number of carbonyl (C=O) groups is 1. The van der Waals surface area contributed by atoms with E-state index in [1.54, 1.807) is 24.3 Å². The van der Waals surface area contributed by atoms with Gasteiger partial charge in [0.15, 0.2) is 0 Å². The fourth-order valence-corrected chi connectivity index (χ4v) is 3.26. The summed E-state index contributed by atoms with van der Waals surface area (Å²) in [5.41, 5.74) is 0.759. The molecule has 1 saturated carbocycles. The zero-order chi connectivity index (χ0) is 14.6. The summed E-state index contributed by atoms with van der Waals surface area (Å²) in [6, 6.07) is 8.47. The molecule has 110 valence electrons. The topological polar surface area (TPSA) is 95.5 Å².